The molecule has 0 spiro atoms. The fraction of sp³-hybridized carbons (Fsp3) is 0.545. The molecule has 1 aromatic carbocycles. The van der Waals surface area contributed by atoms with Crippen molar-refractivity contribution >= 4 is 5.91 Å². The molecule has 2 saturated heterocycles. The number of nitrogens with zero attached hydrogens (tertiary/aromatic N) is 2. The van der Waals surface area contributed by atoms with Crippen LogP contribution in [0.2, 0.25) is 0 Å². The van der Waals surface area contributed by atoms with Gasteiger partial charge in [-0.2, -0.15) is 0 Å². The van der Waals surface area contributed by atoms with E-state index in [0.717, 1.165) is 42.2 Å². The Balaban J connectivity index is 1.43. The number of nitrogens with one attached hydrogen (secondary N) is 1. The quantitative estimate of drug-likeness (QED) is 0.734. The maximum Gasteiger partial charge on any atom is 0.229 e. The van der Waals surface area contributed by atoms with Gasteiger partial charge >= 0.3 is 0 Å². The number of likely N-dealkylation sites (tertiary alicyclic amines) is 1. The second-order valence-electron chi connectivity index (χ2n) is 8.23. The van der Waals surface area contributed by atoms with Gasteiger partial charge in [0, 0.05) is 32.3 Å². The van der Waals surface area contributed by atoms with Crippen molar-refractivity contribution in [3.8, 4) is 5.75 Å². The van der Waals surface area contributed by atoms with E-state index in [-0.39, 0.29) is 12.0 Å². The SMILES string of the molecule is COc1cccc(CC2(C(=O)NCC3CCCO3)CN(Cc3cc(C)no3)C2)c1. The number of ether oxygens (including phenoxy) is 2. The molecule has 1 aromatic heterocycles. The zero-order chi connectivity index (χ0) is 20.3. The lowest BCUT2D eigenvalue weighted by atomic mass is 9.73. The van der Waals surface area contributed by atoms with Gasteiger partial charge in [-0.05, 0) is 43.9 Å². The number of hydrogen-bond donors (Lipinski definition) is 1. The molecule has 7 heteroatoms. The normalized spacial score (nSPS) is 21.0. The third-order valence-electron chi connectivity index (χ3n) is 5.78. The molecule has 2 aromatic rings. The van der Waals surface area contributed by atoms with Gasteiger partial charge < -0.3 is 19.3 Å². The van der Waals surface area contributed by atoms with Gasteiger partial charge in [-0.15, -0.1) is 0 Å². The van der Waals surface area contributed by atoms with Gasteiger partial charge in [0.2, 0.25) is 5.91 Å². The predicted molar refractivity (Wildman–Crippen MR) is 108 cm³/mol. The van der Waals surface area contributed by atoms with Crippen molar-refractivity contribution < 1.29 is 18.8 Å². The van der Waals surface area contributed by atoms with Crippen molar-refractivity contribution in [3.63, 3.8) is 0 Å². The molecular weight excluding hydrogens is 370 g/mol. The molecule has 1 unspecified atom stereocenters. The summed E-state index contributed by atoms with van der Waals surface area (Å²) < 4.78 is 16.3. The second-order valence-corrected chi connectivity index (χ2v) is 8.23. The van der Waals surface area contributed by atoms with Crippen molar-refractivity contribution in [2.45, 2.75) is 38.8 Å². The van der Waals surface area contributed by atoms with E-state index >= 15 is 0 Å². The van der Waals surface area contributed by atoms with Crippen LogP contribution in [0.1, 0.15) is 29.9 Å². The van der Waals surface area contributed by atoms with E-state index in [4.69, 9.17) is 14.0 Å². The van der Waals surface area contributed by atoms with Crippen LogP contribution in [0.5, 0.6) is 5.75 Å². The van der Waals surface area contributed by atoms with Crippen LogP contribution >= 0.6 is 0 Å². The topological polar surface area (TPSA) is 76.8 Å². The van der Waals surface area contributed by atoms with E-state index in [1.807, 2.05) is 31.2 Å². The first-order valence-electron chi connectivity index (χ1n) is 10.2. The summed E-state index contributed by atoms with van der Waals surface area (Å²) in [5, 5.41) is 7.10. The summed E-state index contributed by atoms with van der Waals surface area (Å²) in [4.78, 5) is 15.4. The highest BCUT2D eigenvalue weighted by molar-refractivity contribution is 5.84. The van der Waals surface area contributed by atoms with E-state index in [9.17, 15) is 4.79 Å². The third-order valence-corrected chi connectivity index (χ3v) is 5.78. The maximum absolute atomic E-state index is 13.2. The standard InChI is InChI=1S/C22H29N3O4/c1-16-9-20(29-24-16)13-25-14-22(15-25,11-17-5-3-6-18(10-17)27-2)21(26)23-12-19-7-4-8-28-19/h3,5-6,9-10,19H,4,7-8,11-15H2,1-2H3,(H,23,26). The molecule has 7 nitrogen and oxygen atoms in total. The van der Waals surface area contributed by atoms with Crippen molar-refractivity contribution in [3.05, 3.63) is 47.3 Å². The Morgan fingerprint density at radius 3 is 2.93 bits per heavy atom. The van der Waals surface area contributed by atoms with E-state index in [2.05, 4.69) is 21.4 Å². The molecule has 0 saturated carbocycles. The van der Waals surface area contributed by atoms with Crippen LogP contribution in [0, 0.1) is 12.3 Å². The van der Waals surface area contributed by atoms with Gasteiger partial charge in [-0.3, -0.25) is 9.69 Å². The summed E-state index contributed by atoms with van der Waals surface area (Å²) in [6, 6.07) is 9.91. The van der Waals surface area contributed by atoms with Crippen LogP contribution in [-0.2, 0) is 22.5 Å². The number of carbonyl (C=O) groups excluding carboxylic acids is 1. The minimum absolute atomic E-state index is 0.0980. The fourth-order valence-corrected chi connectivity index (χ4v) is 4.34. The minimum atomic E-state index is -0.458. The molecule has 0 radical (unpaired) electrons. The lowest BCUT2D eigenvalue weighted by Crippen LogP contribution is -2.64. The lowest BCUT2D eigenvalue weighted by Gasteiger charge is -2.48. The molecule has 1 amide bonds. The predicted octanol–water partition coefficient (Wildman–Crippen LogP) is 2.33. The highest BCUT2D eigenvalue weighted by Gasteiger charge is 2.49. The van der Waals surface area contributed by atoms with Crippen LogP contribution in [0.4, 0.5) is 0 Å². The number of hydrogen-bond acceptors (Lipinski definition) is 6. The number of aryl methyl sites for hydroxylation is 1. The molecule has 1 atom stereocenters. The summed E-state index contributed by atoms with van der Waals surface area (Å²) in [6.07, 6.45) is 2.90. The first-order chi connectivity index (χ1) is 14.1. The molecule has 1 N–H and O–H groups in total. The van der Waals surface area contributed by atoms with E-state index in [1.54, 1.807) is 7.11 Å². The first kappa shape index (κ1) is 19.9. The van der Waals surface area contributed by atoms with Crippen LogP contribution in [0.15, 0.2) is 34.9 Å². The lowest BCUT2D eigenvalue weighted by molar-refractivity contribution is -0.143. The van der Waals surface area contributed by atoms with E-state index in [0.29, 0.717) is 32.6 Å². The van der Waals surface area contributed by atoms with Crippen LogP contribution in [0.3, 0.4) is 0 Å². The third kappa shape index (κ3) is 4.62. The van der Waals surface area contributed by atoms with Gasteiger partial charge in [0.05, 0.1) is 30.9 Å². The summed E-state index contributed by atoms with van der Waals surface area (Å²) in [6.45, 7) is 5.32. The van der Waals surface area contributed by atoms with Crippen LogP contribution in [-0.4, -0.2) is 55.4 Å². The Morgan fingerprint density at radius 2 is 2.24 bits per heavy atom. The molecule has 2 aliphatic heterocycles. The molecule has 0 bridgehead atoms. The molecule has 29 heavy (non-hydrogen) atoms. The molecule has 3 heterocycles. The van der Waals surface area contributed by atoms with Crippen LogP contribution < -0.4 is 10.1 Å². The summed E-state index contributed by atoms with van der Waals surface area (Å²) in [5.74, 6) is 1.74. The number of methoxy groups -OCH3 is 1. The molecular formula is C22H29N3O4. The Hall–Kier alpha value is -2.38. The van der Waals surface area contributed by atoms with Gasteiger partial charge in [-0.25, -0.2) is 0 Å². The first-order valence-corrected chi connectivity index (χ1v) is 10.2. The number of rotatable bonds is 8. The van der Waals surface area contributed by atoms with Crippen molar-refractivity contribution in [2.75, 3.05) is 33.4 Å². The number of carbonyl (C=O) groups is 1. The molecule has 156 valence electrons. The average molecular weight is 399 g/mol. The monoisotopic (exact) mass is 399 g/mol. The van der Waals surface area contributed by atoms with Gasteiger partial charge in [-0.1, -0.05) is 17.3 Å². The Bertz CT molecular complexity index is 838. The highest BCUT2D eigenvalue weighted by atomic mass is 16.5. The Kier molecular flexibility index (Phi) is 5.87. The van der Waals surface area contributed by atoms with E-state index < -0.39 is 5.41 Å². The largest absolute Gasteiger partial charge is 0.497 e. The average Bonchev–Trinajstić information content (AvgIpc) is 3.36. The molecule has 0 aliphatic carbocycles. The maximum atomic E-state index is 13.2. The molecule has 4 rings (SSSR count). The summed E-state index contributed by atoms with van der Waals surface area (Å²) in [5.41, 5.74) is 1.52. The smallest absolute Gasteiger partial charge is 0.229 e. The van der Waals surface area contributed by atoms with Gasteiger partial charge in [0.25, 0.3) is 0 Å². The number of amides is 1. The zero-order valence-electron chi connectivity index (χ0n) is 17.1. The zero-order valence-corrected chi connectivity index (χ0v) is 17.1. The van der Waals surface area contributed by atoms with Gasteiger partial charge in [0.1, 0.15) is 5.75 Å². The summed E-state index contributed by atoms with van der Waals surface area (Å²) in [7, 11) is 1.66. The van der Waals surface area contributed by atoms with Crippen molar-refractivity contribution in [1.29, 1.82) is 0 Å². The van der Waals surface area contributed by atoms with Crippen molar-refractivity contribution in [1.82, 2.24) is 15.4 Å². The Morgan fingerprint density at radius 1 is 1.38 bits per heavy atom. The molecule has 2 fully saturated rings. The van der Waals surface area contributed by atoms with E-state index in [1.165, 1.54) is 0 Å². The van der Waals surface area contributed by atoms with Crippen molar-refractivity contribution in [2.24, 2.45) is 5.41 Å². The Labute approximate surface area is 171 Å². The fourth-order valence-electron chi connectivity index (χ4n) is 4.34. The summed E-state index contributed by atoms with van der Waals surface area (Å²) >= 11 is 0. The molecule has 2 aliphatic rings. The number of aromatic nitrogens is 1. The minimum Gasteiger partial charge on any atom is -0.497 e. The highest BCUT2D eigenvalue weighted by Crippen LogP contribution is 2.36. The number of benzene rings is 1. The second kappa shape index (κ2) is 8.55. The van der Waals surface area contributed by atoms with Crippen LogP contribution in [0.25, 0.3) is 0 Å². The van der Waals surface area contributed by atoms with Gasteiger partial charge in [0.15, 0.2) is 5.76 Å².